The van der Waals surface area contributed by atoms with Crippen molar-refractivity contribution in [3.63, 3.8) is 0 Å². The SMILES string of the molecule is Cc1nc(N2CCOCC2)[nH]c(=O)c1CCC(=O)Nc1ccccc1C(=O)Nc1ccc(Cl)cc1. The number of carbonyl (C=O) groups is 2. The van der Waals surface area contributed by atoms with Gasteiger partial charge in [0.1, 0.15) is 0 Å². The summed E-state index contributed by atoms with van der Waals surface area (Å²) in [6, 6.07) is 13.5. The summed E-state index contributed by atoms with van der Waals surface area (Å²) in [5.74, 6) is -0.157. The van der Waals surface area contributed by atoms with Crippen molar-refractivity contribution < 1.29 is 14.3 Å². The first-order chi connectivity index (χ1) is 16.9. The van der Waals surface area contributed by atoms with Crippen LogP contribution in [-0.2, 0) is 16.0 Å². The van der Waals surface area contributed by atoms with E-state index in [1.54, 1.807) is 55.5 Å². The molecule has 0 saturated carbocycles. The number of aryl methyl sites for hydroxylation is 1. The van der Waals surface area contributed by atoms with Crippen molar-refractivity contribution in [1.29, 1.82) is 0 Å². The zero-order valence-electron chi connectivity index (χ0n) is 19.3. The molecule has 0 aliphatic carbocycles. The number of H-pyrrole nitrogens is 1. The first kappa shape index (κ1) is 24.4. The van der Waals surface area contributed by atoms with Gasteiger partial charge < -0.3 is 20.3 Å². The van der Waals surface area contributed by atoms with Crippen molar-refractivity contribution in [1.82, 2.24) is 9.97 Å². The third kappa shape index (κ3) is 6.26. The number of carbonyl (C=O) groups excluding carboxylic acids is 2. The highest BCUT2D eigenvalue weighted by molar-refractivity contribution is 6.30. The molecule has 0 radical (unpaired) electrons. The molecule has 3 N–H and O–H groups in total. The van der Waals surface area contributed by atoms with Gasteiger partial charge in [0.15, 0.2) is 0 Å². The second kappa shape index (κ2) is 11.2. The lowest BCUT2D eigenvalue weighted by Crippen LogP contribution is -2.38. The van der Waals surface area contributed by atoms with Crippen LogP contribution in [0.1, 0.15) is 28.0 Å². The van der Waals surface area contributed by atoms with Crippen LogP contribution in [0.25, 0.3) is 0 Å². The second-order valence-corrected chi connectivity index (χ2v) is 8.54. The Morgan fingerprint density at radius 1 is 1.09 bits per heavy atom. The van der Waals surface area contributed by atoms with Crippen LogP contribution in [0.5, 0.6) is 0 Å². The number of nitrogens with one attached hydrogen (secondary N) is 3. The van der Waals surface area contributed by atoms with E-state index in [4.69, 9.17) is 16.3 Å². The van der Waals surface area contributed by atoms with E-state index in [1.807, 2.05) is 4.90 Å². The number of amides is 2. The van der Waals surface area contributed by atoms with Crippen molar-refractivity contribution in [3.05, 3.63) is 80.7 Å². The molecule has 1 aromatic heterocycles. The van der Waals surface area contributed by atoms with Crippen molar-refractivity contribution in [2.75, 3.05) is 41.8 Å². The third-order valence-corrected chi connectivity index (χ3v) is 5.92. The number of halogens is 1. The molecule has 4 rings (SSSR count). The number of hydrogen-bond donors (Lipinski definition) is 3. The largest absolute Gasteiger partial charge is 0.378 e. The standard InChI is InChI=1S/C25H26ClN5O4/c1-16-19(23(33)30-25(27-16)31-12-14-35-15-13-31)10-11-22(32)29-21-5-3-2-4-20(21)24(34)28-18-8-6-17(26)7-9-18/h2-9H,10-15H2,1H3,(H,28,34)(H,29,32)(H,27,30,33). The van der Waals surface area contributed by atoms with Crippen molar-refractivity contribution in [2.45, 2.75) is 19.8 Å². The molecule has 9 nitrogen and oxygen atoms in total. The fraction of sp³-hybridized carbons (Fsp3) is 0.280. The van der Waals surface area contributed by atoms with Gasteiger partial charge in [-0.3, -0.25) is 19.4 Å². The number of morpholine rings is 1. The Labute approximate surface area is 207 Å². The fourth-order valence-electron chi connectivity index (χ4n) is 3.79. The van der Waals surface area contributed by atoms with Gasteiger partial charge in [0, 0.05) is 41.5 Å². The summed E-state index contributed by atoms with van der Waals surface area (Å²) in [5.41, 5.74) is 2.09. The molecule has 0 spiro atoms. The Kier molecular flexibility index (Phi) is 7.79. The van der Waals surface area contributed by atoms with Gasteiger partial charge in [-0.1, -0.05) is 23.7 Å². The van der Waals surface area contributed by atoms with Gasteiger partial charge in [-0.25, -0.2) is 4.98 Å². The van der Waals surface area contributed by atoms with Crippen LogP contribution in [0.15, 0.2) is 53.3 Å². The Morgan fingerprint density at radius 3 is 2.51 bits per heavy atom. The van der Waals surface area contributed by atoms with E-state index in [2.05, 4.69) is 20.6 Å². The van der Waals surface area contributed by atoms with Crippen LogP contribution < -0.4 is 21.1 Å². The van der Waals surface area contributed by atoms with E-state index >= 15 is 0 Å². The summed E-state index contributed by atoms with van der Waals surface area (Å²) in [7, 11) is 0. The van der Waals surface area contributed by atoms with E-state index in [-0.39, 0.29) is 30.2 Å². The number of ether oxygens (including phenoxy) is 1. The quantitative estimate of drug-likeness (QED) is 0.462. The normalized spacial score (nSPS) is 13.4. The van der Waals surface area contributed by atoms with Gasteiger partial charge in [-0.05, 0) is 49.7 Å². The van der Waals surface area contributed by atoms with Gasteiger partial charge in [-0.2, -0.15) is 0 Å². The molecular formula is C25H26ClN5O4. The predicted octanol–water partition coefficient (Wildman–Crippen LogP) is 3.39. The lowest BCUT2D eigenvalue weighted by Gasteiger charge is -2.27. The van der Waals surface area contributed by atoms with Gasteiger partial charge >= 0.3 is 0 Å². The molecule has 10 heteroatoms. The highest BCUT2D eigenvalue weighted by atomic mass is 35.5. The first-order valence-electron chi connectivity index (χ1n) is 11.3. The minimum atomic E-state index is -0.363. The third-order valence-electron chi connectivity index (χ3n) is 5.67. The summed E-state index contributed by atoms with van der Waals surface area (Å²) in [5, 5.41) is 6.14. The summed E-state index contributed by atoms with van der Waals surface area (Å²) in [6.07, 6.45) is 0.290. The van der Waals surface area contributed by atoms with E-state index in [0.29, 0.717) is 65.5 Å². The second-order valence-electron chi connectivity index (χ2n) is 8.11. The zero-order chi connectivity index (χ0) is 24.8. The van der Waals surface area contributed by atoms with E-state index < -0.39 is 0 Å². The lowest BCUT2D eigenvalue weighted by atomic mass is 10.1. The van der Waals surface area contributed by atoms with Crippen molar-refractivity contribution in [3.8, 4) is 0 Å². The maximum absolute atomic E-state index is 12.8. The Balaban J connectivity index is 1.40. The average Bonchev–Trinajstić information content (AvgIpc) is 2.85. The topological polar surface area (TPSA) is 116 Å². The van der Waals surface area contributed by atoms with Gasteiger partial charge in [0.25, 0.3) is 11.5 Å². The molecule has 2 aromatic carbocycles. The highest BCUT2D eigenvalue weighted by Crippen LogP contribution is 2.19. The summed E-state index contributed by atoms with van der Waals surface area (Å²) >= 11 is 5.89. The van der Waals surface area contributed by atoms with Gasteiger partial charge in [0.05, 0.1) is 24.5 Å². The number of anilines is 3. The molecule has 0 bridgehead atoms. The van der Waals surface area contributed by atoms with E-state index in [0.717, 1.165) is 0 Å². The Bertz CT molecular complexity index is 1270. The minimum absolute atomic E-state index is 0.0651. The summed E-state index contributed by atoms with van der Waals surface area (Å²) in [4.78, 5) is 47.4. The van der Waals surface area contributed by atoms with E-state index in [9.17, 15) is 14.4 Å². The Hall–Kier alpha value is -3.69. The molecule has 1 fully saturated rings. The maximum atomic E-state index is 12.8. The van der Waals surface area contributed by atoms with Crippen LogP contribution in [0.2, 0.25) is 5.02 Å². The smallest absolute Gasteiger partial charge is 0.257 e. The van der Waals surface area contributed by atoms with Crippen LogP contribution in [0, 0.1) is 6.92 Å². The van der Waals surface area contributed by atoms with Gasteiger partial charge in [-0.15, -0.1) is 0 Å². The molecule has 2 heterocycles. The molecule has 1 aliphatic heterocycles. The first-order valence-corrected chi connectivity index (χ1v) is 11.7. The number of benzene rings is 2. The summed E-state index contributed by atoms with van der Waals surface area (Å²) in [6.45, 7) is 4.26. The average molecular weight is 496 g/mol. The molecular weight excluding hydrogens is 470 g/mol. The van der Waals surface area contributed by atoms with Crippen molar-refractivity contribution >= 4 is 40.7 Å². The molecule has 182 valence electrons. The number of aromatic nitrogens is 2. The number of aromatic amines is 1. The molecule has 2 amide bonds. The Morgan fingerprint density at radius 2 is 1.80 bits per heavy atom. The molecule has 0 unspecified atom stereocenters. The minimum Gasteiger partial charge on any atom is -0.378 e. The fourth-order valence-corrected chi connectivity index (χ4v) is 3.91. The molecule has 3 aromatic rings. The monoisotopic (exact) mass is 495 g/mol. The number of hydrogen-bond acceptors (Lipinski definition) is 6. The maximum Gasteiger partial charge on any atom is 0.257 e. The van der Waals surface area contributed by atoms with Crippen LogP contribution in [-0.4, -0.2) is 48.1 Å². The number of nitrogens with zero attached hydrogens (tertiary/aromatic N) is 2. The van der Waals surface area contributed by atoms with Crippen LogP contribution in [0.4, 0.5) is 17.3 Å². The van der Waals surface area contributed by atoms with Gasteiger partial charge in [0.2, 0.25) is 11.9 Å². The zero-order valence-corrected chi connectivity index (χ0v) is 20.0. The number of rotatable bonds is 7. The predicted molar refractivity (Wildman–Crippen MR) is 135 cm³/mol. The van der Waals surface area contributed by atoms with Crippen LogP contribution in [0.3, 0.4) is 0 Å². The summed E-state index contributed by atoms with van der Waals surface area (Å²) < 4.78 is 5.34. The number of para-hydroxylation sites is 1. The van der Waals surface area contributed by atoms with Crippen LogP contribution >= 0.6 is 11.6 Å². The molecule has 1 aliphatic rings. The molecule has 0 atom stereocenters. The molecule has 35 heavy (non-hydrogen) atoms. The van der Waals surface area contributed by atoms with Crippen molar-refractivity contribution in [2.24, 2.45) is 0 Å². The lowest BCUT2D eigenvalue weighted by molar-refractivity contribution is -0.116. The van der Waals surface area contributed by atoms with E-state index in [1.165, 1.54) is 0 Å². The highest BCUT2D eigenvalue weighted by Gasteiger charge is 2.18. The molecule has 1 saturated heterocycles.